The van der Waals surface area contributed by atoms with Gasteiger partial charge >= 0.3 is 0 Å². The summed E-state index contributed by atoms with van der Waals surface area (Å²) in [4.78, 5) is 0. The van der Waals surface area contributed by atoms with E-state index in [1.54, 1.807) is 13.1 Å². The van der Waals surface area contributed by atoms with Crippen molar-refractivity contribution in [2.24, 2.45) is 0 Å². The largest absolute Gasteiger partial charge is 0.309 e. The van der Waals surface area contributed by atoms with Crippen molar-refractivity contribution in [2.45, 2.75) is 19.9 Å². The van der Waals surface area contributed by atoms with Crippen LogP contribution in [0.2, 0.25) is 5.02 Å². The second kappa shape index (κ2) is 5.90. The van der Waals surface area contributed by atoms with Crippen molar-refractivity contribution in [1.29, 1.82) is 0 Å². The Hall–Kier alpha value is -1.45. The minimum Gasteiger partial charge on any atom is -0.309 e. The molecule has 2 aromatic carbocycles. The number of halogens is 3. The van der Waals surface area contributed by atoms with Gasteiger partial charge in [0, 0.05) is 5.02 Å². The van der Waals surface area contributed by atoms with Crippen LogP contribution in [0.25, 0.3) is 0 Å². The third-order valence-electron chi connectivity index (χ3n) is 3.41. The lowest BCUT2D eigenvalue weighted by Gasteiger charge is -2.23. The molecule has 20 heavy (non-hydrogen) atoms. The Balaban J connectivity index is 2.58. The molecule has 0 bridgehead atoms. The molecule has 0 saturated heterocycles. The van der Waals surface area contributed by atoms with Gasteiger partial charge in [-0.25, -0.2) is 8.78 Å². The molecule has 0 fully saturated rings. The molecule has 1 atom stereocenters. The number of hydrogen-bond acceptors (Lipinski definition) is 1. The summed E-state index contributed by atoms with van der Waals surface area (Å²) in [5, 5.41) is 3.52. The molecule has 4 heteroatoms. The standard InChI is InChI=1S/C16H16ClF2N/c1-9-6-12(19)7-10(2)15(9)16(20-3)13-5-4-11(18)8-14(13)17/h4-8,16,20H,1-3H3. The average Bonchev–Trinajstić information content (AvgIpc) is 2.34. The predicted octanol–water partition coefficient (Wildman–Crippen LogP) is 4.54. The fourth-order valence-electron chi connectivity index (χ4n) is 2.57. The van der Waals surface area contributed by atoms with E-state index in [1.807, 2.05) is 13.8 Å². The van der Waals surface area contributed by atoms with Gasteiger partial charge in [-0.2, -0.15) is 0 Å². The summed E-state index contributed by atoms with van der Waals surface area (Å²) in [5.74, 6) is -0.634. The van der Waals surface area contributed by atoms with E-state index in [-0.39, 0.29) is 17.7 Å². The molecule has 0 aliphatic rings. The van der Waals surface area contributed by atoms with Crippen LogP contribution in [0.3, 0.4) is 0 Å². The van der Waals surface area contributed by atoms with Crippen LogP contribution in [0.1, 0.15) is 28.3 Å². The van der Waals surface area contributed by atoms with Crippen LogP contribution in [0.4, 0.5) is 8.78 Å². The van der Waals surface area contributed by atoms with E-state index in [2.05, 4.69) is 5.32 Å². The van der Waals surface area contributed by atoms with E-state index in [4.69, 9.17) is 11.6 Å². The Morgan fingerprint density at radius 1 is 1.00 bits per heavy atom. The minimum atomic E-state index is -0.374. The first-order chi connectivity index (χ1) is 9.43. The summed E-state index contributed by atoms with van der Waals surface area (Å²) in [6.07, 6.45) is 0. The summed E-state index contributed by atoms with van der Waals surface area (Å²) in [5.41, 5.74) is 3.40. The van der Waals surface area contributed by atoms with E-state index in [0.717, 1.165) is 22.3 Å². The molecule has 0 saturated carbocycles. The van der Waals surface area contributed by atoms with Crippen LogP contribution in [0.15, 0.2) is 30.3 Å². The Labute approximate surface area is 122 Å². The van der Waals surface area contributed by atoms with Gasteiger partial charge in [0.05, 0.1) is 6.04 Å². The molecule has 0 radical (unpaired) electrons. The number of nitrogens with one attached hydrogen (secondary N) is 1. The summed E-state index contributed by atoms with van der Waals surface area (Å²) < 4.78 is 26.6. The van der Waals surface area contributed by atoms with Crippen LogP contribution >= 0.6 is 11.6 Å². The lowest BCUT2D eigenvalue weighted by atomic mass is 9.91. The van der Waals surface area contributed by atoms with Crippen molar-refractivity contribution in [1.82, 2.24) is 5.32 Å². The smallest absolute Gasteiger partial charge is 0.124 e. The van der Waals surface area contributed by atoms with E-state index < -0.39 is 0 Å². The molecule has 0 aliphatic heterocycles. The maximum absolute atomic E-state index is 13.4. The summed E-state index contributed by atoms with van der Waals surface area (Å²) >= 11 is 6.13. The van der Waals surface area contributed by atoms with Gasteiger partial charge < -0.3 is 5.32 Å². The molecule has 1 nitrogen and oxygen atoms in total. The Morgan fingerprint density at radius 2 is 1.60 bits per heavy atom. The topological polar surface area (TPSA) is 12.0 Å². The third-order valence-corrected chi connectivity index (χ3v) is 3.74. The quantitative estimate of drug-likeness (QED) is 0.876. The van der Waals surface area contributed by atoms with Gasteiger partial charge in [0.2, 0.25) is 0 Å². The SMILES string of the molecule is CNC(c1ccc(F)cc1Cl)c1c(C)cc(F)cc1C. The molecule has 2 aromatic rings. The highest BCUT2D eigenvalue weighted by atomic mass is 35.5. The zero-order chi connectivity index (χ0) is 14.9. The van der Waals surface area contributed by atoms with Gasteiger partial charge in [0.1, 0.15) is 11.6 Å². The number of benzene rings is 2. The molecule has 1 N–H and O–H groups in total. The number of rotatable bonds is 3. The fourth-order valence-corrected chi connectivity index (χ4v) is 2.84. The van der Waals surface area contributed by atoms with Gasteiger partial charge in [0.15, 0.2) is 0 Å². The van der Waals surface area contributed by atoms with Crippen LogP contribution in [-0.4, -0.2) is 7.05 Å². The van der Waals surface area contributed by atoms with Crippen molar-refractivity contribution in [3.63, 3.8) is 0 Å². The van der Waals surface area contributed by atoms with Crippen LogP contribution < -0.4 is 5.32 Å². The van der Waals surface area contributed by atoms with Crippen molar-refractivity contribution in [3.05, 3.63) is 69.2 Å². The molecular weight excluding hydrogens is 280 g/mol. The zero-order valence-electron chi connectivity index (χ0n) is 11.6. The maximum atomic E-state index is 13.4. The van der Waals surface area contributed by atoms with Crippen molar-refractivity contribution in [2.75, 3.05) is 7.05 Å². The normalized spacial score (nSPS) is 12.5. The molecule has 0 aliphatic carbocycles. The molecule has 0 heterocycles. The third kappa shape index (κ3) is 2.84. The van der Waals surface area contributed by atoms with Crippen LogP contribution in [-0.2, 0) is 0 Å². The van der Waals surface area contributed by atoms with E-state index in [1.165, 1.54) is 24.3 Å². The number of aryl methyl sites for hydroxylation is 2. The highest BCUT2D eigenvalue weighted by molar-refractivity contribution is 6.31. The second-order valence-corrected chi connectivity index (χ2v) is 5.25. The monoisotopic (exact) mass is 295 g/mol. The molecule has 106 valence electrons. The molecule has 0 amide bonds. The van der Waals surface area contributed by atoms with Crippen molar-refractivity contribution < 1.29 is 8.78 Å². The lowest BCUT2D eigenvalue weighted by molar-refractivity contribution is 0.616. The zero-order valence-corrected chi connectivity index (χ0v) is 12.4. The summed E-state index contributed by atoms with van der Waals surface area (Å²) in [6, 6.07) is 7.09. The van der Waals surface area contributed by atoms with Gasteiger partial charge in [0.25, 0.3) is 0 Å². The molecule has 0 spiro atoms. The first-order valence-corrected chi connectivity index (χ1v) is 6.70. The first kappa shape index (κ1) is 14.9. The van der Waals surface area contributed by atoms with Crippen molar-refractivity contribution in [3.8, 4) is 0 Å². The fraction of sp³-hybridized carbons (Fsp3) is 0.250. The minimum absolute atomic E-state index is 0.205. The van der Waals surface area contributed by atoms with Crippen LogP contribution in [0.5, 0.6) is 0 Å². The summed E-state index contributed by atoms with van der Waals surface area (Å²) in [7, 11) is 1.80. The summed E-state index contributed by atoms with van der Waals surface area (Å²) in [6.45, 7) is 3.71. The van der Waals surface area contributed by atoms with Crippen LogP contribution in [0, 0.1) is 25.5 Å². The Morgan fingerprint density at radius 3 is 2.10 bits per heavy atom. The average molecular weight is 296 g/mol. The highest BCUT2D eigenvalue weighted by Crippen LogP contribution is 2.32. The lowest BCUT2D eigenvalue weighted by Crippen LogP contribution is -2.20. The number of hydrogen-bond donors (Lipinski definition) is 1. The molecule has 1 unspecified atom stereocenters. The van der Waals surface area contributed by atoms with E-state index in [0.29, 0.717) is 5.02 Å². The van der Waals surface area contributed by atoms with Crippen molar-refractivity contribution >= 4 is 11.6 Å². The molecular formula is C16H16ClF2N. The second-order valence-electron chi connectivity index (χ2n) is 4.84. The molecule has 2 rings (SSSR count). The van der Waals surface area contributed by atoms with E-state index in [9.17, 15) is 8.78 Å². The van der Waals surface area contributed by atoms with Gasteiger partial charge in [-0.05, 0) is 67.4 Å². The van der Waals surface area contributed by atoms with Gasteiger partial charge in [-0.3, -0.25) is 0 Å². The maximum Gasteiger partial charge on any atom is 0.124 e. The predicted molar refractivity (Wildman–Crippen MR) is 78.2 cm³/mol. The van der Waals surface area contributed by atoms with Gasteiger partial charge in [-0.1, -0.05) is 17.7 Å². The van der Waals surface area contributed by atoms with Gasteiger partial charge in [-0.15, -0.1) is 0 Å². The van der Waals surface area contributed by atoms with E-state index >= 15 is 0 Å². The Bertz CT molecular complexity index is 617. The molecule has 0 aromatic heterocycles. The highest BCUT2D eigenvalue weighted by Gasteiger charge is 2.20. The Kier molecular flexibility index (Phi) is 4.41. The first-order valence-electron chi connectivity index (χ1n) is 6.33.